The zero-order valence-corrected chi connectivity index (χ0v) is 13.3. The number of carbonyl (C=O) groups is 2. The molecule has 0 unspecified atom stereocenters. The van der Waals surface area contributed by atoms with Crippen LogP contribution in [0.5, 0.6) is 5.75 Å². The van der Waals surface area contributed by atoms with Crippen molar-refractivity contribution in [2.24, 2.45) is 0 Å². The third kappa shape index (κ3) is 3.29. The molecule has 0 radical (unpaired) electrons. The molecule has 3 N–H and O–H groups in total. The molecule has 7 heteroatoms. The highest BCUT2D eigenvalue weighted by Crippen LogP contribution is 2.22. The van der Waals surface area contributed by atoms with Crippen molar-refractivity contribution in [3.05, 3.63) is 53.4 Å². The number of esters is 1. The predicted molar refractivity (Wildman–Crippen MR) is 88.0 cm³/mol. The smallest absolute Gasteiger partial charge is 0.308 e. The molecule has 1 heterocycles. The van der Waals surface area contributed by atoms with Crippen LogP contribution in [0.2, 0.25) is 0 Å². The summed E-state index contributed by atoms with van der Waals surface area (Å²) in [6, 6.07) is 6.80. The number of nitrogens with one attached hydrogen (secondary N) is 3. The van der Waals surface area contributed by atoms with Gasteiger partial charge in [-0.25, -0.2) is 0 Å². The summed E-state index contributed by atoms with van der Waals surface area (Å²) in [6.45, 7) is 5.22. The Morgan fingerprint density at radius 3 is 2.67 bits per heavy atom. The van der Waals surface area contributed by atoms with Gasteiger partial charge in [-0.15, -0.1) is 0 Å². The van der Waals surface area contributed by atoms with Gasteiger partial charge in [0, 0.05) is 18.2 Å². The van der Waals surface area contributed by atoms with Crippen molar-refractivity contribution in [3.63, 3.8) is 0 Å². The summed E-state index contributed by atoms with van der Waals surface area (Å²) in [5.74, 6) is -0.222. The summed E-state index contributed by atoms with van der Waals surface area (Å²) in [7, 11) is 0. The van der Waals surface area contributed by atoms with Crippen molar-refractivity contribution in [1.29, 1.82) is 0 Å². The molecule has 1 aliphatic carbocycles. The molecule has 0 atom stereocenters. The number of ether oxygens (including phenoxy) is 1. The Labute approximate surface area is 139 Å². The highest BCUT2D eigenvalue weighted by molar-refractivity contribution is 5.94. The van der Waals surface area contributed by atoms with Gasteiger partial charge in [-0.1, -0.05) is 6.58 Å². The van der Waals surface area contributed by atoms with E-state index in [0.717, 1.165) is 36.1 Å². The maximum atomic E-state index is 12.2. The van der Waals surface area contributed by atoms with Crippen molar-refractivity contribution < 1.29 is 14.3 Å². The van der Waals surface area contributed by atoms with Crippen molar-refractivity contribution >= 4 is 17.6 Å². The van der Waals surface area contributed by atoms with Crippen molar-refractivity contribution in [3.8, 4) is 5.75 Å². The number of hydrogen-bond acceptors (Lipinski definition) is 5. The Bertz CT molecular complexity index is 793. The van der Waals surface area contributed by atoms with Gasteiger partial charge >= 0.3 is 5.97 Å². The van der Waals surface area contributed by atoms with Crippen LogP contribution in [0.3, 0.4) is 0 Å². The van der Waals surface area contributed by atoms with Crippen LogP contribution >= 0.6 is 0 Å². The molecule has 0 spiro atoms. The topological polar surface area (TPSA) is 96.1 Å². The van der Waals surface area contributed by atoms with Crippen LogP contribution in [0.1, 0.15) is 40.7 Å². The van der Waals surface area contributed by atoms with Gasteiger partial charge in [-0.2, -0.15) is 5.10 Å². The van der Waals surface area contributed by atoms with E-state index in [4.69, 9.17) is 4.74 Å². The van der Waals surface area contributed by atoms with E-state index in [-0.39, 0.29) is 11.9 Å². The molecule has 24 heavy (non-hydrogen) atoms. The summed E-state index contributed by atoms with van der Waals surface area (Å²) in [6.07, 6.45) is 2.84. The number of carbonyl (C=O) groups excluding carboxylic acids is 2. The maximum absolute atomic E-state index is 12.2. The van der Waals surface area contributed by atoms with E-state index in [1.165, 1.54) is 6.92 Å². The van der Waals surface area contributed by atoms with Crippen LogP contribution in [-0.2, 0) is 17.6 Å². The van der Waals surface area contributed by atoms with Crippen LogP contribution < -0.4 is 15.6 Å². The van der Waals surface area contributed by atoms with E-state index >= 15 is 0 Å². The highest BCUT2D eigenvalue weighted by Gasteiger charge is 2.22. The second kappa shape index (κ2) is 6.57. The molecule has 0 bridgehead atoms. The largest absolute Gasteiger partial charge is 0.427 e. The molecule has 1 aliphatic rings. The van der Waals surface area contributed by atoms with Gasteiger partial charge in [-0.05, 0) is 49.1 Å². The van der Waals surface area contributed by atoms with E-state index in [1.54, 1.807) is 24.3 Å². The predicted octanol–water partition coefficient (Wildman–Crippen LogP) is 1.73. The van der Waals surface area contributed by atoms with Gasteiger partial charge in [0.15, 0.2) is 5.69 Å². The van der Waals surface area contributed by atoms with Gasteiger partial charge in [-0.3, -0.25) is 25.5 Å². The monoisotopic (exact) mass is 326 g/mol. The van der Waals surface area contributed by atoms with Gasteiger partial charge in [0.25, 0.3) is 5.91 Å². The third-order valence-corrected chi connectivity index (χ3v) is 3.81. The van der Waals surface area contributed by atoms with Gasteiger partial charge in [0.1, 0.15) is 5.75 Å². The number of hydrazine groups is 1. The van der Waals surface area contributed by atoms with Gasteiger partial charge < -0.3 is 4.74 Å². The molecule has 3 rings (SSSR count). The summed E-state index contributed by atoms with van der Waals surface area (Å²) >= 11 is 0. The number of nitrogens with zero attached hydrogens (tertiary/aromatic N) is 1. The van der Waals surface area contributed by atoms with E-state index in [9.17, 15) is 9.59 Å². The lowest BCUT2D eigenvalue weighted by Gasteiger charge is -2.11. The number of aromatic amines is 1. The van der Waals surface area contributed by atoms with Gasteiger partial charge in [0.05, 0.1) is 5.70 Å². The summed E-state index contributed by atoms with van der Waals surface area (Å²) < 4.78 is 4.97. The molecule has 0 saturated heterocycles. The molecule has 1 aromatic carbocycles. The number of rotatable bonds is 5. The van der Waals surface area contributed by atoms with Crippen LogP contribution in [-0.4, -0.2) is 22.1 Å². The Balaban J connectivity index is 1.58. The number of aryl methyl sites for hydroxylation is 1. The molecule has 1 aromatic heterocycles. The first-order chi connectivity index (χ1) is 11.5. The highest BCUT2D eigenvalue weighted by atomic mass is 16.5. The SMILES string of the molecule is C=C(NNC(=O)c1n[nH]c2c1CCC2)c1ccc(OC(C)=O)cc1. The van der Waals surface area contributed by atoms with E-state index in [1.807, 2.05) is 0 Å². The summed E-state index contributed by atoms with van der Waals surface area (Å²) in [5.41, 5.74) is 9.12. The number of hydrogen-bond donors (Lipinski definition) is 3. The molecule has 2 aromatic rings. The lowest BCUT2D eigenvalue weighted by molar-refractivity contribution is -0.131. The fraction of sp³-hybridized carbons (Fsp3) is 0.235. The lowest BCUT2D eigenvalue weighted by Crippen LogP contribution is -2.36. The minimum absolute atomic E-state index is 0.299. The van der Waals surface area contributed by atoms with Crippen LogP contribution in [0.4, 0.5) is 0 Å². The maximum Gasteiger partial charge on any atom is 0.308 e. The second-order valence-electron chi connectivity index (χ2n) is 5.56. The van der Waals surface area contributed by atoms with Crippen LogP contribution in [0, 0.1) is 0 Å². The fourth-order valence-electron chi connectivity index (χ4n) is 2.66. The first kappa shape index (κ1) is 15.8. The molecule has 1 amide bonds. The zero-order chi connectivity index (χ0) is 17.1. The Kier molecular flexibility index (Phi) is 4.33. The number of benzene rings is 1. The lowest BCUT2D eigenvalue weighted by atomic mass is 10.2. The average Bonchev–Trinajstić information content (AvgIpc) is 3.15. The summed E-state index contributed by atoms with van der Waals surface area (Å²) in [5, 5.41) is 6.98. The first-order valence-corrected chi connectivity index (χ1v) is 7.65. The summed E-state index contributed by atoms with van der Waals surface area (Å²) in [4.78, 5) is 23.1. The number of amides is 1. The van der Waals surface area contributed by atoms with E-state index in [2.05, 4.69) is 27.6 Å². The second-order valence-corrected chi connectivity index (χ2v) is 5.56. The molecule has 124 valence electrons. The minimum Gasteiger partial charge on any atom is -0.427 e. The Morgan fingerprint density at radius 1 is 1.21 bits per heavy atom. The molecular formula is C17H18N4O3. The van der Waals surface area contributed by atoms with Crippen molar-refractivity contribution in [1.82, 2.24) is 21.0 Å². The number of H-pyrrole nitrogens is 1. The minimum atomic E-state index is -0.376. The Hall–Kier alpha value is -3.09. The molecular weight excluding hydrogens is 308 g/mol. The molecule has 7 nitrogen and oxygen atoms in total. The Morgan fingerprint density at radius 2 is 1.96 bits per heavy atom. The quantitative estimate of drug-likeness (QED) is 0.442. The fourth-order valence-corrected chi connectivity index (χ4v) is 2.66. The van der Waals surface area contributed by atoms with Gasteiger partial charge in [0.2, 0.25) is 0 Å². The number of aromatic nitrogens is 2. The molecule has 0 fully saturated rings. The molecule has 0 aliphatic heterocycles. The number of fused-ring (bicyclic) bond motifs is 1. The molecule has 0 saturated carbocycles. The normalized spacial score (nSPS) is 12.4. The average molecular weight is 326 g/mol. The first-order valence-electron chi connectivity index (χ1n) is 7.65. The van der Waals surface area contributed by atoms with Crippen LogP contribution in [0.25, 0.3) is 5.70 Å². The third-order valence-electron chi connectivity index (χ3n) is 3.81. The van der Waals surface area contributed by atoms with E-state index < -0.39 is 0 Å². The van der Waals surface area contributed by atoms with Crippen molar-refractivity contribution in [2.45, 2.75) is 26.2 Å². The zero-order valence-electron chi connectivity index (χ0n) is 13.3. The van der Waals surface area contributed by atoms with E-state index in [0.29, 0.717) is 17.1 Å². The van der Waals surface area contributed by atoms with Crippen molar-refractivity contribution in [2.75, 3.05) is 0 Å². The van der Waals surface area contributed by atoms with Crippen LogP contribution in [0.15, 0.2) is 30.8 Å². The standard InChI is InChI=1S/C17H18N4O3/c1-10(12-6-8-13(9-7-12)24-11(2)22)18-21-17(23)16-14-4-3-5-15(14)19-20-16/h6-9,18H,1,3-5H2,2H3,(H,19,20)(H,21,23).